The number of carboxylic acid groups (broad SMARTS) is 1. The molecule has 0 aliphatic rings. The van der Waals surface area contributed by atoms with Crippen molar-refractivity contribution < 1.29 is 24.5 Å². The summed E-state index contributed by atoms with van der Waals surface area (Å²) < 4.78 is 6.14. The second-order valence-corrected chi connectivity index (χ2v) is 5.25. The first-order valence-electron chi connectivity index (χ1n) is 7.51. The van der Waals surface area contributed by atoms with E-state index in [9.17, 15) is 14.7 Å². The van der Waals surface area contributed by atoms with E-state index in [1.54, 1.807) is 36.5 Å². The van der Waals surface area contributed by atoms with Gasteiger partial charge in [-0.05, 0) is 24.3 Å². The molecule has 0 spiro atoms. The average Bonchev–Trinajstić information content (AvgIpc) is 2.97. The van der Waals surface area contributed by atoms with Crippen LogP contribution in [0.3, 0.4) is 0 Å². The molecule has 0 bridgehead atoms. The van der Waals surface area contributed by atoms with E-state index in [1.165, 1.54) is 17.6 Å². The lowest BCUT2D eigenvalue weighted by molar-refractivity contribution is -0.136. The molecule has 26 heavy (non-hydrogen) atoms. The molecule has 0 saturated carbocycles. The summed E-state index contributed by atoms with van der Waals surface area (Å²) in [5, 5.41) is 27.1. The zero-order valence-electron chi connectivity index (χ0n) is 13.7. The van der Waals surface area contributed by atoms with E-state index < -0.39 is 18.4 Å². The molecule has 3 rings (SSSR count). The highest BCUT2D eigenvalue weighted by Gasteiger charge is 2.17. The average molecular weight is 354 g/mol. The molecule has 0 radical (unpaired) electrons. The summed E-state index contributed by atoms with van der Waals surface area (Å²) in [5.41, 5.74) is 0.781. The summed E-state index contributed by atoms with van der Waals surface area (Å²) in [5.74, 6) is -1.63. The van der Waals surface area contributed by atoms with Crippen LogP contribution in [-0.2, 0) is 16.0 Å². The number of fused-ring (bicyclic) bond motifs is 1. The molecule has 2 heterocycles. The molecular formula is C17H14N4O5. The van der Waals surface area contributed by atoms with E-state index in [1.807, 2.05) is 0 Å². The second-order valence-electron chi connectivity index (χ2n) is 5.25. The van der Waals surface area contributed by atoms with E-state index in [2.05, 4.69) is 15.2 Å². The van der Waals surface area contributed by atoms with E-state index in [4.69, 9.17) is 9.84 Å². The van der Waals surface area contributed by atoms with Gasteiger partial charge in [0.25, 0.3) is 0 Å². The SMILES string of the molecule is COC(=O)c1ccccc1N=Nc1c(CC(=O)O)nc2c(O)cccn12. The topological polar surface area (TPSA) is 126 Å². The molecule has 3 aromatic rings. The van der Waals surface area contributed by atoms with Gasteiger partial charge in [-0.3, -0.25) is 9.20 Å². The number of nitrogens with zero attached hydrogens (tertiary/aromatic N) is 4. The fourth-order valence-electron chi connectivity index (χ4n) is 2.40. The van der Waals surface area contributed by atoms with Gasteiger partial charge in [-0.25, -0.2) is 9.78 Å². The van der Waals surface area contributed by atoms with Gasteiger partial charge in [0.15, 0.2) is 17.2 Å². The number of imidazole rings is 1. The monoisotopic (exact) mass is 354 g/mol. The predicted molar refractivity (Wildman–Crippen MR) is 90.2 cm³/mol. The van der Waals surface area contributed by atoms with Gasteiger partial charge in [-0.15, -0.1) is 10.2 Å². The first kappa shape index (κ1) is 17.1. The summed E-state index contributed by atoms with van der Waals surface area (Å²) >= 11 is 0. The number of methoxy groups -OCH3 is 1. The number of esters is 1. The zero-order chi connectivity index (χ0) is 18.7. The van der Waals surface area contributed by atoms with E-state index in [0.717, 1.165) is 0 Å². The minimum Gasteiger partial charge on any atom is -0.504 e. The molecule has 9 nitrogen and oxygen atoms in total. The maximum absolute atomic E-state index is 11.8. The molecule has 2 aromatic heterocycles. The molecule has 0 fully saturated rings. The third-order valence-corrected chi connectivity index (χ3v) is 3.55. The number of azo groups is 1. The largest absolute Gasteiger partial charge is 0.504 e. The number of aromatic nitrogens is 2. The summed E-state index contributed by atoms with van der Waals surface area (Å²) in [7, 11) is 1.26. The fourth-order valence-corrected chi connectivity index (χ4v) is 2.40. The number of rotatable bonds is 5. The second kappa shape index (κ2) is 7.01. The Morgan fingerprint density at radius 3 is 2.69 bits per heavy atom. The maximum atomic E-state index is 11.8. The van der Waals surface area contributed by atoms with Crippen molar-refractivity contribution in [2.45, 2.75) is 6.42 Å². The van der Waals surface area contributed by atoms with Crippen LogP contribution in [0.4, 0.5) is 11.5 Å². The quantitative estimate of drug-likeness (QED) is 0.536. The minimum atomic E-state index is -1.10. The lowest BCUT2D eigenvalue weighted by Gasteiger charge is -2.02. The van der Waals surface area contributed by atoms with Crippen molar-refractivity contribution in [1.82, 2.24) is 9.38 Å². The van der Waals surface area contributed by atoms with E-state index in [0.29, 0.717) is 0 Å². The van der Waals surface area contributed by atoms with Crippen LogP contribution in [0, 0.1) is 0 Å². The molecule has 0 aliphatic carbocycles. The molecular weight excluding hydrogens is 340 g/mol. The van der Waals surface area contributed by atoms with Crippen LogP contribution >= 0.6 is 0 Å². The number of aliphatic carboxylic acids is 1. The summed E-state index contributed by atoms with van der Waals surface area (Å²) in [6.45, 7) is 0. The standard InChI is InChI=1S/C17H14N4O5/c1-26-17(25)10-5-2-3-6-11(10)19-20-15-12(9-14(23)24)18-16-13(22)7-4-8-21(15)16/h2-8,22H,9H2,1H3,(H,23,24). The maximum Gasteiger partial charge on any atom is 0.340 e. The Labute approximate surface area is 147 Å². The van der Waals surface area contributed by atoms with Gasteiger partial charge in [-0.1, -0.05) is 12.1 Å². The molecule has 0 atom stereocenters. The Morgan fingerprint density at radius 1 is 1.19 bits per heavy atom. The molecule has 0 amide bonds. The van der Waals surface area contributed by atoms with Gasteiger partial charge in [0.1, 0.15) is 5.69 Å². The summed E-state index contributed by atoms with van der Waals surface area (Å²) in [6, 6.07) is 9.45. The number of carbonyl (C=O) groups is 2. The van der Waals surface area contributed by atoms with Gasteiger partial charge in [0.2, 0.25) is 0 Å². The highest BCUT2D eigenvalue weighted by molar-refractivity contribution is 5.94. The fraction of sp³-hybridized carbons (Fsp3) is 0.118. The lowest BCUT2D eigenvalue weighted by Crippen LogP contribution is -2.01. The van der Waals surface area contributed by atoms with Crippen molar-refractivity contribution in [3.05, 3.63) is 53.9 Å². The van der Waals surface area contributed by atoms with Crippen molar-refractivity contribution in [3.63, 3.8) is 0 Å². The number of hydrogen-bond donors (Lipinski definition) is 2. The number of aromatic hydroxyl groups is 1. The molecule has 2 N–H and O–H groups in total. The van der Waals surface area contributed by atoms with Crippen molar-refractivity contribution in [1.29, 1.82) is 0 Å². The number of pyridine rings is 1. The Morgan fingerprint density at radius 2 is 1.96 bits per heavy atom. The highest BCUT2D eigenvalue weighted by atomic mass is 16.5. The summed E-state index contributed by atoms with van der Waals surface area (Å²) in [4.78, 5) is 27.0. The van der Waals surface area contributed by atoms with Crippen LogP contribution in [0.1, 0.15) is 16.1 Å². The number of hydrogen-bond acceptors (Lipinski definition) is 7. The Kier molecular flexibility index (Phi) is 4.61. The van der Waals surface area contributed by atoms with Gasteiger partial charge >= 0.3 is 11.9 Å². The number of ether oxygens (including phenoxy) is 1. The predicted octanol–water partition coefficient (Wildman–Crippen LogP) is 2.87. The highest BCUT2D eigenvalue weighted by Crippen LogP contribution is 2.29. The first-order valence-corrected chi connectivity index (χ1v) is 7.51. The third-order valence-electron chi connectivity index (χ3n) is 3.55. The zero-order valence-corrected chi connectivity index (χ0v) is 13.7. The van der Waals surface area contributed by atoms with Crippen LogP contribution in [0.25, 0.3) is 5.65 Å². The van der Waals surface area contributed by atoms with Crippen molar-refractivity contribution in [2.75, 3.05) is 7.11 Å². The van der Waals surface area contributed by atoms with Crippen LogP contribution in [0.5, 0.6) is 5.75 Å². The molecule has 132 valence electrons. The number of carbonyl (C=O) groups excluding carboxylic acids is 1. The van der Waals surface area contributed by atoms with Crippen LogP contribution in [0.15, 0.2) is 52.8 Å². The van der Waals surface area contributed by atoms with E-state index >= 15 is 0 Å². The Hall–Kier alpha value is -3.75. The molecule has 1 aromatic carbocycles. The van der Waals surface area contributed by atoms with Crippen molar-refractivity contribution in [2.24, 2.45) is 10.2 Å². The van der Waals surface area contributed by atoms with Gasteiger partial charge in [-0.2, -0.15) is 0 Å². The van der Waals surface area contributed by atoms with Crippen LogP contribution in [-0.4, -0.2) is 38.6 Å². The minimum absolute atomic E-state index is 0.115. The van der Waals surface area contributed by atoms with Crippen molar-refractivity contribution >= 4 is 29.1 Å². The summed E-state index contributed by atoms with van der Waals surface area (Å²) in [6.07, 6.45) is 1.18. The van der Waals surface area contributed by atoms with Crippen LogP contribution < -0.4 is 0 Å². The van der Waals surface area contributed by atoms with Gasteiger partial charge in [0.05, 0.1) is 24.8 Å². The lowest BCUT2D eigenvalue weighted by atomic mass is 10.2. The Balaban J connectivity index is 2.11. The molecule has 0 saturated heterocycles. The normalized spacial score (nSPS) is 11.1. The Bertz CT molecular complexity index is 1030. The molecule has 0 aliphatic heterocycles. The van der Waals surface area contributed by atoms with Crippen LogP contribution in [0.2, 0.25) is 0 Å². The van der Waals surface area contributed by atoms with Gasteiger partial charge in [0, 0.05) is 6.20 Å². The van der Waals surface area contributed by atoms with E-state index in [-0.39, 0.29) is 34.2 Å². The third kappa shape index (κ3) is 3.22. The molecule has 9 heteroatoms. The molecule has 0 unspecified atom stereocenters. The van der Waals surface area contributed by atoms with Crippen molar-refractivity contribution in [3.8, 4) is 5.75 Å². The number of carboxylic acids is 1. The first-order chi connectivity index (χ1) is 12.5. The number of benzene rings is 1. The smallest absolute Gasteiger partial charge is 0.340 e. The van der Waals surface area contributed by atoms with Gasteiger partial charge < -0.3 is 14.9 Å².